The largest absolute Gasteiger partial charge is 0.328 e. The lowest BCUT2D eigenvalue weighted by Gasteiger charge is -2.13. The summed E-state index contributed by atoms with van der Waals surface area (Å²) in [5.41, 5.74) is 4.86. The molecule has 0 saturated carbocycles. The van der Waals surface area contributed by atoms with Gasteiger partial charge >= 0.3 is 0 Å². The van der Waals surface area contributed by atoms with Gasteiger partial charge in [-0.15, -0.1) is 0 Å². The standard InChI is InChI=1S/C19H13N3OS/c23-19-18(14-6-9-24-12-14)17(13-4-3-7-20-10-13)15(11-22-19)16-5-1-2-8-21-16/h1-12H,(H,22,23). The van der Waals surface area contributed by atoms with Crippen LogP contribution in [-0.4, -0.2) is 15.0 Å². The minimum atomic E-state index is -0.119. The normalized spacial score (nSPS) is 10.7. The molecule has 0 atom stereocenters. The van der Waals surface area contributed by atoms with E-state index >= 15 is 0 Å². The second kappa shape index (κ2) is 6.22. The number of H-pyrrole nitrogens is 1. The van der Waals surface area contributed by atoms with Gasteiger partial charge < -0.3 is 4.98 Å². The van der Waals surface area contributed by atoms with Crippen LogP contribution in [0.1, 0.15) is 0 Å². The number of hydrogen-bond donors (Lipinski definition) is 1. The van der Waals surface area contributed by atoms with E-state index in [4.69, 9.17) is 0 Å². The van der Waals surface area contributed by atoms with Crippen LogP contribution in [-0.2, 0) is 0 Å². The predicted molar refractivity (Wildman–Crippen MR) is 96.8 cm³/mol. The Labute approximate surface area is 142 Å². The molecule has 116 valence electrons. The summed E-state index contributed by atoms with van der Waals surface area (Å²) < 4.78 is 0. The first-order valence-corrected chi connectivity index (χ1v) is 8.39. The van der Waals surface area contributed by atoms with Crippen molar-refractivity contribution < 1.29 is 0 Å². The number of nitrogens with one attached hydrogen (secondary N) is 1. The Morgan fingerprint density at radius 3 is 2.62 bits per heavy atom. The lowest BCUT2D eigenvalue weighted by Crippen LogP contribution is -2.11. The summed E-state index contributed by atoms with van der Waals surface area (Å²) in [6, 6.07) is 11.5. The molecule has 0 radical (unpaired) electrons. The van der Waals surface area contributed by atoms with Crippen LogP contribution >= 0.6 is 11.3 Å². The topological polar surface area (TPSA) is 58.6 Å². The number of pyridine rings is 3. The third-order valence-electron chi connectivity index (χ3n) is 3.79. The fourth-order valence-electron chi connectivity index (χ4n) is 2.75. The van der Waals surface area contributed by atoms with E-state index in [1.54, 1.807) is 36.1 Å². The molecule has 4 rings (SSSR count). The predicted octanol–water partition coefficient (Wildman–Crippen LogP) is 4.23. The molecule has 4 aromatic heterocycles. The summed E-state index contributed by atoms with van der Waals surface area (Å²) in [5, 5.41) is 3.95. The molecule has 0 amide bonds. The SMILES string of the molecule is O=c1[nH]cc(-c2ccccn2)c(-c2cccnc2)c1-c1ccsc1. The van der Waals surface area contributed by atoms with Crippen LogP contribution in [0.2, 0.25) is 0 Å². The molecule has 4 nitrogen and oxygen atoms in total. The van der Waals surface area contributed by atoms with Gasteiger partial charge in [0.2, 0.25) is 0 Å². The van der Waals surface area contributed by atoms with Crippen LogP contribution < -0.4 is 5.56 Å². The van der Waals surface area contributed by atoms with Gasteiger partial charge in [-0.25, -0.2) is 0 Å². The molecule has 0 bridgehead atoms. The van der Waals surface area contributed by atoms with Crippen molar-refractivity contribution in [1.82, 2.24) is 15.0 Å². The van der Waals surface area contributed by atoms with Gasteiger partial charge in [0.05, 0.1) is 11.3 Å². The molecule has 0 aromatic carbocycles. The van der Waals surface area contributed by atoms with Crippen molar-refractivity contribution in [3.05, 3.63) is 82.3 Å². The van der Waals surface area contributed by atoms with E-state index in [0.717, 1.165) is 27.9 Å². The van der Waals surface area contributed by atoms with Crippen LogP contribution in [0.25, 0.3) is 33.5 Å². The van der Waals surface area contributed by atoms with Crippen molar-refractivity contribution >= 4 is 11.3 Å². The molecule has 5 heteroatoms. The lowest BCUT2D eigenvalue weighted by atomic mass is 9.93. The minimum Gasteiger partial charge on any atom is -0.328 e. The highest BCUT2D eigenvalue weighted by atomic mass is 32.1. The average molecular weight is 331 g/mol. The summed E-state index contributed by atoms with van der Waals surface area (Å²) in [7, 11) is 0. The second-order valence-electron chi connectivity index (χ2n) is 5.25. The second-order valence-corrected chi connectivity index (χ2v) is 6.03. The first-order valence-electron chi connectivity index (χ1n) is 7.44. The maximum Gasteiger partial charge on any atom is 0.256 e. The molecule has 0 unspecified atom stereocenters. The van der Waals surface area contributed by atoms with Gasteiger partial charge in [-0.05, 0) is 40.6 Å². The van der Waals surface area contributed by atoms with Crippen molar-refractivity contribution in [3.63, 3.8) is 0 Å². The van der Waals surface area contributed by atoms with Gasteiger partial charge in [0.1, 0.15) is 0 Å². The van der Waals surface area contributed by atoms with Crippen LogP contribution in [0.15, 0.2) is 76.7 Å². The Morgan fingerprint density at radius 1 is 0.958 bits per heavy atom. The number of aromatic nitrogens is 3. The van der Waals surface area contributed by atoms with Gasteiger partial charge in [-0.1, -0.05) is 12.1 Å². The lowest BCUT2D eigenvalue weighted by molar-refractivity contribution is 1.22. The summed E-state index contributed by atoms with van der Waals surface area (Å²) >= 11 is 1.56. The Kier molecular flexibility index (Phi) is 3.76. The smallest absolute Gasteiger partial charge is 0.256 e. The van der Waals surface area contributed by atoms with Gasteiger partial charge in [0.15, 0.2) is 0 Å². The quantitative estimate of drug-likeness (QED) is 0.611. The van der Waals surface area contributed by atoms with E-state index in [0.29, 0.717) is 5.56 Å². The average Bonchev–Trinajstić information content (AvgIpc) is 3.17. The van der Waals surface area contributed by atoms with Crippen molar-refractivity contribution in [3.8, 4) is 33.5 Å². The van der Waals surface area contributed by atoms with Gasteiger partial charge in [-0.2, -0.15) is 11.3 Å². The van der Waals surface area contributed by atoms with Gasteiger partial charge in [0.25, 0.3) is 5.56 Å². The third kappa shape index (κ3) is 2.55. The fraction of sp³-hybridized carbons (Fsp3) is 0. The monoisotopic (exact) mass is 331 g/mol. The zero-order valence-corrected chi connectivity index (χ0v) is 13.5. The third-order valence-corrected chi connectivity index (χ3v) is 4.48. The van der Waals surface area contributed by atoms with Crippen molar-refractivity contribution in [1.29, 1.82) is 0 Å². The zero-order chi connectivity index (χ0) is 16.4. The Morgan fingerprint density at radius 2 is 1.92 bits per heavy atom. The molecule has 0 fully saturated rings. The number of nitrogens with zero attached hydrogens (tertiary/aromatic N) is 2. The number of thiophene rings is 1. The van der Waals surface area contributed by atoms with Crippen molar-refractivity contribution in [2.45, 2.75) is 0 Å². The summed E-state index contributed by atoms with van der Waals surface area (Å²) in [6.45, 7) is 0. The molecule has 4 heterocycles. The zero-order valence-electron chi connectivity index (χ0n) is 12.6. The molecule has 0 aliphatic carbocycles. The first kappa shape index (κ1) is 14.5. The van der Waals surface area contributed by atoms with E-state index in [9.17, 15) is 4.79 Å². The first-order chi connectivity index (χ1) is 11.8. The molecule has 24 heavy (non-hydrogen) atoms. The van der Waals surface area contributed by atoms with Crippen molar-refractivity contribution in [2.75, 3.05) is 0 Å². The van der Waals surface area contributed by atoms with E-state index in [2.05, 4.69) is 15.0 Å². The fourth-order valence-corrected chi connectivity index (χ4v) is 3.39. The minimum absolute atomic E-state index is 0.119. The van der Waals surface area contributed by atoms with E-state index in [-0.39, 0.29) is 5.56 Å². The summed E-state index contributed by atoms with van der Waals surface area (Å²) in [5.74, 6) is 0. The van der Waals surface area contributed by atoms with Gasteiger partial charge in [0, 0.05) is 41.5 Å². The van der Waals surface area contributed by atoms with E-state index in [1.807, 2.05) is 47.2 Å². The molecule has 0 aliphatic rings. The molecule has 0 aliphatic heterocycles. The molecule has 0 spiro atoms. The number of aromatic amines is 1. The highest BCUT2D eigenvalue weighted by Gasteiger charge is 2.18. The Bertz CT molecular complexity index is 1010. The van der Waals surface area contributed by atoms with E-state index < -0.39 is 0 Å². The highest BCUT2D eigenvalue weighted by molar-refractivity contribution is 7.08. The van der Waals surface area contributed by atoms with Crippen LogP contribution in [0, 0.1) is 0 Å². The van der Waals surface area contributed by atoms with Gasteiger partial charge in [-0.3, -0.25) is 14.8 Å². The Balaban J connectivity index is 2.10. The summed E-state index contributed by atoms with van der Waals surface area (Å²) in [6.07, 6.45) is 6.97. The number of rotatable bonds is 3. The maximum absolute atomic E-state index is 12.6. The number of hydrogen-bond acceptors (Lipinski definition) is 4. The molecular formula is C19H13N3OS. The maximum atomic E-state index is 12.6. The van der Waals surface area contributed by atoms with Crippen LogP contribution in [0.5, 0.6) is 0 Å². The Hall–Kier alpha value is -3.05. The molecular weight excluding hydrogens is 318 g/mol. The van der Waals surface area contributed by atoms with Crippen LogP contribution in [0.3, 0.4) is 0 Å². The highest BCUT2D eigenvalue weighted by Crippen LogP contribution is 2.36. The van der Waals surface area contributed by atoms with Crippen LogP contribution in [0.4, 0.5) is 0 Å². The van der Waals surface area contributed by atoms with E-state index in [1.165, 1.54) is 0 Å². The van der Waals surface area contributed by atoms with Crippen molar-refractivity contribution in [2.24, 2.45) is 0 Å². The molecule has 0 saturated heterocycles. The molecule has 4 aromatic rings. The summed E-state index contributed by atoms with van der Waals surface area (Å²) in [4.78, 5) is 24.1. The molecule has 1 N–H and O–H groups in total.